The number of aliphatic hydroxyl groups is 1. The molecule has 1 aromatic rings. The third-order valence-electron chi connectivity index (χ3n) is 2.84. The van der Waals surface area contributed by atoms with Crippen molar-refractivity contribution in [2.45, 2.75) is 4.90 Å². The molecule has 0 fully saturated rings. The number of anilines is 1. The van der Waals surface area contributed by atoms with Crippen LogP contribution in [-0.4, -0.2) is 47.9 Å². The van der Waals surface area contributed by atoms with E-state index in [1.54, 1.807) is 0 Å². The van der Waals surface area contributed by atoms with Gasteiger partial charge in [0.15, 0.2) is 0 Å². The molecule has 1 aliphatic heterocycles. The molecule has 2 rings (SSSR count). The van der Waals surface area contributed by atoms with E-state index < -0.39 is 26.8 Å². The van der Waals surface area contributed by atoms with Crippen molar-refractivity contribution in [3.63, 3.8) is 0 Å². The smallest absolute Gasteiger partial charge is 0.294 e. The summed E-state index contributed by atoms with van der Waals surface area (Å²) in [5, 5.41) is 11.4. The lowest BCUT2D eigenvalue weighted by atomic mass is 10.3. The lowest BCUT2D eigenvalue weighted by Gasteiger charge is -2.14. The summed E-state index contributed by atoms with van der Waals surface area (Å²) < 4.78 is 31.2. The van der Waals surface area contributed by atoms with Crippen molar-refractivity contribution in [2.75, 3.05) is 18.5 Å². The van der Waals surface area contributed by atoms with Crippen molar-refractivity contribution < 1.29 is 27.7 Å². The number of β-amino-alcohol motifs (C(OH)–C–C–N with tert-alkyl or cyclic N) is 1. The van der Waals surface area contributed by atoms with Crippen molar-refractivity contribution in [3.8, 4) is 0 Å². The second-order valence-electron chi connectivity index (χ2n) is 4.32. The van der Waals surface area contributed by atoms with Crippen LogP contribution in [0.2, 0.25) is 5.02 Å². The molecule has 2 amide bonds. The van der Waals surface area contributed by atoms with Crippen LogP contribution < -0.4 is 5.32 Å². The summed E-state index contributed by atoms with van der Waals surface area (Å²) in [5.41, 5.74) is -0.0807. The predicted octanol–water partition coefficient (Wildman–Crippen LogP) is 0.244. The number of hydrogen-bond acceptors (Lipinski definition) is 6. The Hall–Kier alpha value is -1.94. The van der Waals surface area contributed by atoms with Gasteiger partial charge in [-0.25, -0.2) is 0 Å². The standard InChI is InChI=1S/C12H11ClN2O6S/c13-8-2-1-7(22(19,20)21)5-9(8)14-10-6-11(17)15(3-4-16)12(10)18/h1-2,5-6,14,16H,3-4H2,(H,19,20,21). The number of halogens is 1. The molecule has 0 atom stereocenters. The second-order valence-corrected chi connectivity index (χ2v) is 6.15. The zero-order valence-corrected chi connectivity index (χ0v) is 12.6. The van der Waals surface area contributed by atoms with Gasteiger partial charge in [-0.15, -0.1) is 0 Å². The maximum absolute atomic E-state index is 12.0. The highest BCUT2D eigenvalue weighted by Crippen LogP contribution is 2.27. The van der Waals surface area contributed by atoms with E-state index in [4.69, 9.17) is 21.3 Å². The largest absolute Gasteiger partial charge is 0.395 e. The number of nitrogens with one attached hydrogen (secondary N) is 1. The van der Waals surface area contributed by atoms with Crippen LogP contribution in [0.4, 0.5) is 5.69 Å². The fourth-order valence-corrected chi connectivity index (χ4v) is 2.49. The molecule has 0 aliphatic carbocycles. The van der Waals surface area contributed by atoms with E-state index in [-0.39, 0.29) is 29.6 Å². The lowest BCUT2D eigenvalue weighted by Crippen LogP contribution is -2.34. The zero-order chi connectivity index (χ0) is 16.5. The van der Waals surface area contributed by atoms with Gasteiger partial charge in [0.05, 0.1) is 28.8 Å². The zero-order valence-electron chi connectivity index (χ0n) is 11.0. The number of rotatable bonds is 5. The summed E-state index contributed by atoms with van der Waals surface area (Å²) in [6.07, 6.45) is 1.01. The van der Waals surface area contributed by atoms with Gasteiger partial charge in [0.2, 0.25) is 0 Å². The van der Waals surface area contributed by atoms with Crippen molar-refractivity contribution in [1.29, 1.82) is 0 Å². The molecule has 0 radical (unpaired) electrons. The molecule has 1 aromatic carbocycles. The summed E-state index contributed by atoms with van der Waals surface area (Å²) in [5.74, 6) is -1.28. The number of amides is 2. The molecule has 0 spiro atoms. The summed E-state index contributed by atoms with van der Waals surface area (Å²) in [6.45, 7) is -0.532. The van der Waals surface area contributed by atoms with E-state index in [0.29, 0.717) is 0 Å². The average Bonchev–Trinajstić information content (AvgIpc) is 2.68. The molecule has 0 aromatic heterocycles. The Morgan fingerprint density at radius 3 is 2.55 bits per heavy atom. The topological polar surface area (TPSA) is 124 Å². The summed E-state index contributed by atoms with van der Waals surface area (Å²) in [4.78, 5) is 24.0. The molecular weight excluding hydrogens is 336 g/mol. The van der Waals surface area contributed by atoms with E-state index in [1.807, 2.05) is 0 Å². The monoisotopic (exact) mass is 346 g/mol. The van der Waals surface area contributed by atoms with Gasteiger partial charge in [0.1, 0.15) is 5.70 Å². The number of imide groups is 1. The Kier molecular flexibility index (Phi) is 4.52. The molecule has 22 heavy (non-hydrogen) atoms. The summed E-state index contributed by atoms with van der Waals surface area (Å²) in [7, 11) is -4.43. The fraction of sp³-hybridized carbons (Fsp3) is 0.167. The van der Waals surface area contributed by atoms with E-state index in [0.717, 1.165) is 23.1 Å². The highest BCUT2D eigenvalue weighted by molar-refractivity contribution is 7.85. The second kappa shape index (κ2) is 6.05. The van der Waals surface area contributed by atoms with Crippen molar-refractivity contribution in [1.82, 2.24) is 4.90 Å². The Morgan fingerprint density at radius 2 is 1.95 bits per heavy atom. The molecular formula is C12H11ClN2O6S. The first-order valence-corrected chi connectivity index (χ1v) is 7.78. The molecule has 0 saturated carbocycles. The van der Waals surface area contributed by atoms with Gasteiger partial charge in [-0.1, -0.05) is 11.6 Å². The Morgan fingerprint density at radius 1 is 1.27 bits per heavy atom. The fourth-order valence-electron chi connectivity index (χ4n) is 1.82. The van der Waals surface area contributed by atoms with Crippen LogP contribution in [0.15, 0.2) is 34.9 Å². The van der Waals surface area contributed by atoms with Crippen LogP contribution in [0.1, 0.15) is 0 Å². The minimum Gasteiger partial charge on any atom is -0.395 e. The Labute approximate surface area is 130 Å². The number of aliphatic hydroxyl groups excluding tert-OH is 1. The van der Waals surface area contributed by atoms with Crippen LogP contribution in [0.5, 0.6) is 0 Å². The predicted molar refractivity (Wildman–Crippen MR) is 76.8 cm³/mol. The molecule has 0 unspecified atom stereocenters. The van der Waals surface area contributed by atoms with Gasteiger partial charge < -0.3 is 10.4 Å². The lowest BCUT2D eigenvalue weighted by molar-refractivity contribution is -0.137. The van der Waals surface area contributed by atoms with Gasteiger partial charge >= 0.3 is 0 Å². The van der Waals surface area contributed by atoms with E-state index in [2.05, 4.69) is 5.32 Å². The number of hydrogen-bond donors (Lipinski definition) is 3. The first kappa shape index (κ1) is 16.4. The highest BCUT2D eigenvalue weighted by atomic mass is 35.5. The highest BCUT2D eigenvalue weighted by Gasteiger charge is 2.31. The normalized spacial score (nSPS) is 15.2. The van der Waals surface area contributed by atoms with Gasteiger partial charge in [0, 0.05) is 6.08 Å². The van der Waals surface area contributed by atoms with Gasteiger partial charge in [-0.3, -0.25) is 19.0 Å². The first-order chi connectivity index (χ1) is 10.2. The minimum absolute atomic E-state index is 0.0371. The Balaban J connectivity index is 2.30. The Bertz CT molecular complexity index is 774. The van der Waals surface area contributed by atoms with Gasteiger partial charge in [-0.2, -0.15) is 8.42 Å². The van der Waals surface area contributed by atoms with Crippen LogP contribution in [0, 0.1) is 0 Å². The van der Waals surface area contributed by atoms with E-state index >= 15 is 0 Å². The van der Waals surface area contributed by atoms with Crippen molar-refractivity contribution >= 4 is 39.2 Å². The van der Waals surface area contributed by atoms with E-state index in [9.17, 15) is 18.0 Å². The molecule has 1 aliphatic rings. The maximum atomic E-state index is 12.0. The molecule has 1 heterocycles. The van der Waals surface area contributed by atoms with E-state index in [1.165, 1.54) is 6.07 Å². The summed E-state index contributed by atoms with van der Waals surface area (Å²) >= 11 is 5.89. The molecule has 118 valence electrons. The van der Waals surface area contributed by atoms with Gasteiger partial charge in [-0.05, 0) is 18.2 Å². The van der Waals surface area contributed by atoms with Crippen molar-refractivity contribution in [2.24, 2.45) is 0 Å². The van der Waals surface area contributed by atoms with Crippen LogP contribution in [-0.2, 0) is 19.7 Å². The first-order valence-electron chi connectivity index (χ1n) is 5.96. The minimum atomic E-state index is -4.43. The average molecular weight is 347 g/mol. The maximum Gasteiger partial charge on any atom is 0.294 e. The molecule has 0 bridgehead atoms. The summed E-state index contributed by atoms with van der Waals surface area (Å²) in [6, 6.07) is 3.35. The van der Waals surface area contributed by atoms with Crippen LogP contribution in [0.3, 0.4) is 0 Å². The number of nitrogens with zero attached hydrogens (tertiary/aromatic N) is 1. The molecule has 0 saturated heterocycles. The quantitative estimate of drug-likeness (QED) is 0.515. The van der Waals surface area contributed by atoms with Crippen LogP contribution >= 0.6 is 11.6 Å². The van der Waals surface area contributed by atoms with Crippen molar-refractivity contribution in [3.05, 3.63) is 35.0 Å². The van der Waals surface area contributed by atoms with Gasteiger partial charge in [0.25, 0.3) is 21.9 Å². The van der Waals surface area contributed by atoms with Crippen LogP contribution in [0.25, 0.3) is 0 Å². The molecule has 3 N–H and O–H groups in total. The number of carbonyl (C=O) groups is 2. The third-order valence-corrected chi connectivity index (χ3v) is 4.02. The molecule has 10 heteroatoms. The number of carbonyl (C=O) groups excluding carboxylic acids is 2. The SMILES string of the molecule is O=C1C=C(Nc2cc(S(=O)(=O)O)ccc2Cl)C(=O)N1CCO. The number of benzene rings is 1. The molecule has 8 nitrogen and oxygen atoms in total. The third kappa shape index (κ3) is 3.28.